The van der Waals surface area contributed by atoms with E-state index in [4.69, 9.17) is 14.2 Å². The van der Waals surface area contributed by atoms with Crippen LogP contribution in [0.25, 0.3) is 16.9 Å². The Hall–Kier alpha value is -4.46. The van der Waals surface area contributed by atoms with Crippen molar-refractivity contribution < 1.29 is 28.2 Å². The Balaban J connectivity index is 1.78. The fourth-order valence-electron chi connectivity index (χ4n) is 3.46. The number of para-hydroxylation sites is 1. The summed E-state index contributed by atoms with van der Waals surface area (Å²) in [5.41, 5.74) is 2.17. The Morgan fingerprint density at radius 3 is 2.26 bits per heavy atom. The molecule has 8 heteroatoms. The summed E-state index contributed by atoms with van der Waals surface area (Å²) < 4.78 is 30.2. The van der Waals surface area contributed by atoms with Crippen LogP contribution in [0, 0.1) is 5.82 Å². The van der Waals surface area contributed by atoms with Crippen LogP contribution in [-0.4, -0.2) is 35.9 Å². The molecule has 4 aromatic rings. The molecule has 1 aromatic heterocycles. The van der Waals surface area contributed by atoms with Gasteiger partial charge in [0.2, 0.25) is 0 Å². The van der Waals surface area contributed by atoms with Gasteiger partial charge in [0.05, 0.1) is 19.9 Å². The third-order valence-electron chi connectivity index (χ3n) is 5.07. The van der Waals surface area contributed by atoms with Crippen molar-refractivity contribution >= 4 is 11.9 Å². The number of carbonyl (C=O) groups excluding carboxylic acids is 2. The molecule has 0 saturated carbocycles. The summed E-state index contributed by atoms with van der Waals surface area (Å²) in [6.45, 7) is 0.205. The number of nitrogens with zero attached hydrogens (tertiary/aromatic N) is 2. The third kappa shape index (κ3) is 4.66. The van der Waals surface area contributed by atoms with Gasteiger partial charge in [-0.05, 0) is 48.0 Å². The quantitative estimate of drug-likeness (QED) is 0.368. The summed E-state index contributed by atoms with van der Waals surface area (Å²) in [5, 5.41) is 4.59. The van der Waals surface area contributed by atoms with Crippen molar-refractivity contribution in [2.45, 2.75) is 6.61 Å². The number of methoxy groups -OCH3 is 2. The summed E-state index contributed by atoms with van der Waals surface area (Å²) >= 11 is 0. The van der Waals surface area contributed by atoms with Crippen molar-refractivity contribution in [2.24, 2.45) is 0 Å². The number of hydrogen-bond donors (Lipinski definition) is 0. The highest BCUT2D eigenvalue weighted by Gasteiger charge is 2.31. The molecule has 0 radical (unpaired) electrons. The third-order valence-corrected chi connectivity index (χ3v) is 5.07. The molecule has 0 N–H and O–H groups in total. The van der Waals surface area contributed by atoms with E-state index in [0.29, 0.717) is 17.0 Å². The highest BCUT2D eigenvalue weighted by molar-refractivity contribution is 6.06. The van der Waals surface area contributed by atoms with Gasteiger partial charge in [-0.2, -0.15) is 5.10 Å². The van der Waals surface area contributed by atoms with Crippen molar-refractivity contribution in [1.29, 1.82) is 0 Å². The molecule has 3 aromatic carbocycles. The second kappa shape index (κ2) is 9.99. The topological polar surface area (TPSA) is 79.7 Å². The number of aromatic nitrogens is 2. The molecule has 0 amide bonds. The Morgan fingerprint density at radius 2 is 1.59 bits per heavy atom. The lowest BCUT2D eigenvalue weighted by Gasteiger charge is -2.08. The first kappa shape index (κ1) is 22.7. The predicted molar refractivity (Wildman–Crippen MR) is 122 cm³/mol. The zero-order valence-electron chi connectivity index (χ0n) is 18.5. The molecule has 0 aliphatic carbocycles. The maximum atomic E-state index is 13.1. The molecular weight excluding hydrogens is 439 g/mol. The fourth-order valence-corrected chi connectivity index (χ4v) is 3.46. The van der Waals surface area contributed by atoms with Gasteiger partial charge in [-0.1, -0.05) is 36.4 Å². The zero-order chi connectivity index (χ0) is 24.1. The monoisotopic (exact) mass is 460 g/mol. The van der Waals surface area contributed by atoms with Gasteiger partial charge in [0, 0.05) is 5.56 Å². The summed E-state index contributed by atoms with van der Waals surface area (Å²) in [5.74, 6) is -1.27. The van der Waals surface area contributed by atoms with E-state index in [2.05, 4.69) is 5.10 Å². The van der Waals surface area contributed by atoms with Crippen LogP contribution in [0.2, 0.25) is 0 Å². The molecular formula is C26H21FN2O5. The SMILES string of the molecule is COC(=O)c1c(-c2cccc(COc3ccc(F)cc3)c2)nn(-c2ccccc2)c1C(=O)OC. The normalized spacial score (nSPS) is 10.6. The van der Waals surface area contributed by atoms with Crippen molar-refractivity contribution in [1.82, 2.24) is 9.78 Å². The molecule has 7 nitrogen and oxygen atoms in total. The average molecular weight is 460 g/mol. The lowest BCUT2D eigenvalue weighted by atomic mass is 10.0. The number of benzene rings is 3. The highest BCUT2D eigenvalue weighted by atomic mass is 19.1. The molecule has 0 spiro atoms. The van der Waals surface area contributed by atoms with E-state index in [9.17, 15) is 14.0 Å². The van der Waals surface area contributed by atoms with Gasteiger partial charge in [-0.15, -0.1) is 0 Å². The van der Waals surface area contributed by atoms with Crippen LogP contribution in [0.15, 0.2) is 78.9 Å². The largest absolute Gasteiger partial charge is 0.489 e. The first-order valence-electron chi connectivity index (χ1n) is 10.3. The number of ether oxygens (including phenoxy) is 3. The Morgan fingerprint density at radius 1 is 0.882 bits per heavy atom. The van der Waals surface area contributed by atoms with Crippen LogP contribution >= 0.6 is 0 Å². The molecule has 172 valence electrons. The van der Waals surface area contributed by atoms with Gasteiger partial charge in [-0.3, -0.25) is 0 Å². The fraction of sp³-hybridized carbons (Fsp3) is 0.115. The van der Waals surface area contributed by atoms with Crippen LogP contribution in [0.5, 0.6) is 5.75 Å². The van der Waals surface area contributed by atoms with E-state index in [1.165, 1.54) is 31.0 Å². The molecule has 0 aliphatic heterocycles. The van der Waals surface area contributed by atoms with Crippen LogP contribution in [0.1, 0.15) is 26.4 Å². The number of hydrogen-bond acceptors (Lipinski definition) is 6. The molecule has 0 aliphatic rings. The predicted octanol–water partition coefficient (Wildman–Crippen LogP) is 4.83. The molecule has 0 fully saturated rings. The molecule has 34 heavy (non-hydrogen) atoms. The first-order chi connectivity index (χ1) is 16.5. The van der Waals surface area contributed by atoms with E-state index in [1.807, 2.05) is 12.1 Å². The molecule has 4 rings (SSSR count). The van der Waals surface area contributed by atoms with Gasteiger partial charge in [0.25, 0.3) is 0 Å². The van der Waals surface area contributed by atoms with Crippen molar-refractivity contribution in [3.8, 4) is 22.7 Å². The molecule has 1 heterocycles. The maximum Gasteiger partial charge on any atom is 0.357 e. The van der Waals surface area contributed by atoms with Gasteiger partial charge in [0.15, 0.2) is 5.69 Å². The average Bonchev–Trinajstić information content (AvgIpc) is 3.29. The number of carbonyl (C=O) groups is 2. The standard InChI is InChI=1S/C26H21FN2O5/c1-32-25(30)22-23(28-29(24(22)26(31)33-2)20-9-4-3-5-10-20)18-8-6-7-17(15-18)16-34-21-13-11-19(27)12-14-21/h3-15H,16H2,1-2H3. The van der Waals surface area contributed by atoms with E-state index < -0.39 is 11.9 Å². The van der Waals surface area contributed by atoms with Gasteiger partial charge in [0.1, 0.15) is 29.4 Å². The van der Waals surface area contributed by atoms with Crippen LogP contribution in [0.3, 0.4) is 0 Å². The summed E-state index contributed by atoms with van der Waals surface area (Å²) in [7, 11) is 2.47. The van der Waals surface area contributed by atoms with Crippen molar-refractivity contribution in [3.63, 3.8) is 0 Å². The number of halogens is 1. The summed E-state index contributed by atoms with van der Waals surface area (Å²) in [4.78, 5) is 25.5. The lowest BCUT2D eigenvalue weighted by molar-refractivity contribution is 0.0549. The Labute approximate surface area is 195 Å². The zero-order valence-corrected chi connectivity index (χ0v) is 18.5. The molecule has 0 unspecified atom stereocenters. The van der Waals surface area contributed by atoms with Crippen LogP contribution in [-0.2, 0) is 16.1 Å². The van der Waals surface area contributed by atoms with Gasteiger partial charge in [-0.25, -0.2) is 18.7 Å². The van der Waals surface area contributed by atoms with Gasteiger partial charge >= 0.3 is 11.9 Å². The Bertz CT molecular complexity index is 1320. The summed E-state index contributed by atoms with van der Waals surface area (Å²) in [6.07, 6.45) is 0. The minimum atomic E-state index is -0.723. The van der Waals surface area contributed by atoms with E-state index in [-0.39, 0.29) is 29.4 Å². The lowest BCUT2D eigenvalue weighted by Crippen LogP contribution is -2.15. The van der Waals surface area contributed by atoms with Crippen molar-refractivity contribution in [3.05, 3.63) is 102 Å². The van der Waals surface area contributed by atoms with Gasteiger partial charge < -0.3 is 14.2 Å². The highest BCUT2D eigenvalue weighted by Crippen LogP contribution is 2.30. The molecule has 0 saturated heterocycles. The second-order valence-corrected chi connectivity index (χ2v) is 7.25. The van der Waals surface area contributed by atoms with Crippen LogP contribution < -0.4 is 4.74 Å². The number of rotatable bonds is 7. The first-order valence-corrected chi connectivity index (χ1v) is 10.3. The van der Waals surface area contributed by atoms with Crippen molar-refractivity contribution in [2.75, 3.05) is 14.2 Å². The second-order valence-electron chi connectivity index (χ2n) is 7.25. The van der Waals surface area contributed by atoms with Crippen LogP contribution in [0.4, 0.5) is 4.39 Å². The molecule has 0 bridgehead atoms. The minimum absolute atomic E-state index is 0.00481. The minimum Gasteiger partial charge on any atom is -0.489 e. The smallest absolute Gasteiger partial charge is 0.357 e. The number of esters is 2. The summed E-state index contributed by atoms with van der Waals surface area (Å²) in [6, 6.07) is 21.9. The van der Waals surface area contributed by atoms with E-state index >= 15 is 0 Å². The van der Waals surface area contributed by atoms with E-state index in [0.717, 1.165) is 5.56 Å². The maximum absolute atomic E-state index is 13.1. The Kier molecular flexibility index (Phi) is 6.68. The van der Waals surface area contributed by atoms with E-state index in [1.54, 1.807) is 54.6 Å². The molecule has 0 atom stereocenters.